The van der Waals surface area contributed by atoms with E-state index in [0.29, 0.717) is 13.2 Å². The zero-order valence-corrected chi connectivity index (χ0v) is 16.0. The third-order valence-corrected chi connectivity index (χ3v) is 5.80. The Labute approximate surface area is 147 Å². The molecule has 0 aromatic heterocycles. The van der Waals surface area contributed by atoms with Crippen LogP contribution in [0.15, 0.2) is 0 Å². The topological polar surface area (TPSA) is 50.5 Å². The van der Waals surface area contributed by atoms with E-state index in [1.165, 1.54) is 0 Å². The third-order valence-electron chi connectivity index (χ3n) is 4.72. The highest BCUT2D eigenvalue weighted by Gasteiger charge is 2.46. The Bertz CT molecular complexity index is 424. The summed E-state index contributed by atoms with van der Waals surface area (Å²) in [7, 11) is 2.75. The molecule has 0 radical (unpaired) electrons. The summed E-state index contributed by atoms with van der Waals surface area (Å²) in [5.74, 6) is 0. The molecule has 8 heteroatoms. The summed E-state index contributed by atoms with van der Waals surface area (Å²) in [6.45, 7) is 11.6. The Hall–Kier alpha value is -0.215. The number of hydrogen-bond acceptors (Lipinski definition) is 5. The Balaban J connectivity index is 1.96. The summed E-state index contributed by atoms with van der Waals surface area (Å²) in [6.07, 6.45) is 4.13. The van der Waals surface area contributed by atoms with Crippen LogP contribution in [-0.2, 0) is 23.3 Å². The Morgan fingerprint density at radius 2 is 2.04 bits per heavy atom. The lowest BCUT2D eigenvalue weighted by Crippen LogP contribution is -2.41. The van der Waals surface area contributed by atoms with Crippen LogP contribution in [0.2, 0.25) is 0 Å². The van der Waals surface area contributed by atoms with Crippen LogP contribution >= 0.6 is 8.38 Å². The van der Waals surface area contributed by atoms with E-state index in [9.17, 15) is 0 Å². The molecule has 1 saturated heterocycles. The molecule has 24 heavy (non-hydrogen) atoms. The lowest BCUT2D eigenvalue weighted by molar-refractivity contribution is -0.101. The molecule has 136 valence electrons. The molecule has 0 aromatic rings. The van der Waals surface area contributed by atoms with Gasteiger partial charge in [-0.05, 0) is 25.7 Å². The monoisotopic (exact) mass is 357 g/mol. The molecule has 1 aliphatic carbocycles. The molecule has 0 N–H and O–H groups in total. The van der Waals surface area contributed by atoms with Gasteiger partial charge in [0.15, 0.2) is 8.38 Å². The molecular formula is C16H29BNO5P. The number of rotatable bonds is 9. The molecule has 1 saturated carbocycles. The third kappa shape index (κ3) is 5.14. The van der Waals surface area contributed by atoms with Crippen LogP contribution in [0.3, 0.4) is 0 Å². The molecule has 0 aromatic carbocycles. The Morgan fingerprint density at radius 1 is 1.29 bits per heavy atom. The van der Waals surface area contributed by atoms with Crippen LogP contribution in [-0.4, -0.2) is 71.3 Å². The number of methoxy groups -OCH3 is 1. The van der Waals surface area contributed by atoms with Gasteiger partial charge in [0.25, 0.3) is 0 Å². The molecule has 2 fully saturated rings. The van der Waals surface area contributed by atoms with Gasteiger partial charge in [-0.3, -0.25) is 0 Å². The van der Waals surface area contributed by atoms with E-state index in [-0.39, 0.29) is 36.5 Å². The smallest absolute Gasteiger partial charge is 0.238 e. The highest BCUT2D eigenvalue weighted by atomic mass is 31.2. The van der Waals surface area contributed by atoms with Crippen LogP contribution in [0.25, 0.3) is 4.85 Å². The van der Waals surface area contributed by atoms with Gasteiger partial charge in [0, 0.05) is 13.8 Å². The van der Waals surface area contributed by atoms with Crippen molar-refractivity contribution < 1.29 is 23.3 Å². The maximum atomic E-state index is 6.81. The first kappa shape index (κ1) is 20.1. The van der Waals surface area contributed by atoms with E-state index >= 15 is 0 Å². The van der Waals surface area contributed by atoms with Crippen molar-refractivity contribution in [3.8, 4) is 0 Å². The Morgan fingerprint density at radius 3 is 2.71 bits per heavy atom. The average Bonchev–Trinajstić information content (AvgIpc) is 3.14. The summed E-state index contributed by atoms with van der Waals surface area (Å²) in [5.41, 5.74) is 0. The highest BCUT2D eigenvalue weighted by molar-refractivity contribution is 7.46. The largest absolute Gasteiger partial charge is 0.379 e. The van der Waals surface area contributed by atoms with Gasteiger partial charge < -0.3 is 28.1 Å². The van der Waals surface area contributed by atoms with Gasteiger partial charge in [0.05, 0.1) is 24.3 Å². The molecule has 2 rings (SSSR count). The molecular weight excluding hydrogens is 328 g/mol. The van der Waals surface area contributed by atoms with E-state index in [2.05, 4.69) is 11.8 Å². The summed E-state index contributed by atoms with van der Waals surface area (Å²) < 4.78 is 29.8. The summed E-state index contributed by atoms with van der Waals surface area (Å²) in [5, 5.41) is 0. The SMILES string of the molecule is B[C@@H]1O[C@H](CC)C(OP(C)OCC[N+]#[C-])[C@@H]1O[C@@H]1CCC[C@H]1OC. The molecule has 0 amide bonds. The second kappa shape index (κ2) is 10.1. The minimum atomic E-state index is -1.05. The van der Waals surface area contributed by atoms with Gasteiger partial charge in [-0.15, -0.1) is 0 Å². The van der Waals surface area contributed by atoms with Crippen molar-refractivity contribution in [3.05, 3.63) is 11.4 Å². The molecule has 0 spiro atoms. The second-order valence-corrected chi connectivity index (χ2v) is 7.71. The predicted molar refractivity (Wildman–Crippen MR) is 95.9 cm³/mol. The summed E-state index contributed by atoms with van der Waals surface area (Å²) in [4.78, 5) is 3.30. The summed E-state index contributed by atoms with van der Waals surface area (Å²) in [6, 6.07) is -0.00954. The van der Waals surface area contributed by atoms with Crippen molar-refractivity contribution in [3.63, 3.8) is 0 Å². The van der Waals surface area contributed by atoms with Crippen molar-refractivity contribution >= 4 is 16.2 Å². The zero-order chi connectivity index (χ0) is 17.5. The minimum absolute atomic E-state index is 0.00954. The summed E-state index contributed by atoms with van der Waals surface area (Å²) >= 11 is 0. The van der Waals surface area contributed by atoms with E-state index in [4.69, 9.17) is 29.8 Å². The van der Waals surface area contributed by atoms with Crippen molar-refractivity contribution in [2.45, 2.75) is 69.1 Å². The molecule has 1 aliphatic heterocycles. The lowest BCUT2D eigenvalue weighted by atomic mass is 9.92. The van der Waals surface area contributed by atoms with Crippen molar-refractivity contribution in [2.75, 3.05) is 26.9 Å². The van der Waals surface area contributed by atoms with Crippen LogP contribution < -0.4 is 0 Å². The molecule has 6 nitrogen and oxygen atoms in total. The standard InChI is InChI=1S/C16H29BNO5P/c1-5-11-14(23-24(4)20-10-9-18-2)15(16(17)22-11)21-13-8-6-7-12(13)19-3/h11-16H,5-10,17H2,1,3-4H3/t11-,12-,13-,14?,15+,16-,24?/m1/s1. The molecule has 1 heterocycles. The van der Waals surface area contributed by atoms with Gasteiger partial charge in [0.1, 0.15) is 26.7 Å². The van der Waals surface area contributed by atoms with Crippen LogP contribution in [0.1, 0.15) is 32.6 Å². The average molecular weight is 357 g/mol. The van der Waals surface area contributed by atoms with E-state index in [1.54, 1.807) is 7.11 Å². The van der Waals surface area contributed by atoms with Gasteiger partial charge in [-0.2, -0.15) is 0 Å². The Kier molecular flexibility index (Phi) is 8.43. The van der Waals surface area contributed by atoms with Crippen molar-refractivity contribution in [1.82, 2.24) is 0 Å². The fourth-order valence-electron chi connectivity index (χ4n) is 3.49. The first-order valence-corrected chi connectivity index (χ1v) is 10.4. The van der Waals surface area contributed by atoms with Gasteiger partial charge >= 0.3 is 0 Å². The first-order chi connectivity index (χ1) is 11.6. The zero-order valence-electron chi connectivity index (χ0n) is 15.1. The van der Waals surface area contributed by atoms with Crippen molar-refractivity contribution in [1.29, 1.82) is 0 Å². The molecule has 2 unspecified atom stereocenters. The number of hydrogen-bond donors (Lipinski definition) is 0. The van der Waals surface area contributed by atoms with E-state index < -0.39 is 8.38 Å². The van der Waals surface area contributed by atoms with Gasteiger partial charge in [0.2, 0.25) is 6.54 Å². The van der Waals surface area contributed by atoms with Crippen LogP contribution in [0.4, 0.5) is 0 Å². The fraction of sp³-hybridized carbons (Fsp3) is 0.938. The maximum absolute atomic E-state index is 6.81. The first-order valence-electron chi connectivity index (χ1n) is 8.81. The highest BCUT2D eigenvalue weighted by Crippen LogP contribution is 2.41. The van der Waals surface area contributed by atoms with E-state index in [1.807, 2.05) is 14.5 Å². The fourth-order valence-corrected chi connectivity index (χ4v) is 4.49. The van der Waals surface area contributed by atoms with Gasteiger partial charge in [-0.1, -0.05) is 6.92 Å². The van der Waals surface area contributed by atoms with Crippen LogP contribution in [0, 0.1) is 6.57 Å². The molecule has 2 aliphatic rings. The van der Waals surface area contributed by atoms with Gasteiger partial charge in [-0.25, -0.2) is 6.57 Å². The minimum Gasteiger partial charge on any atom is -0.379 e. The lowest BCUT2D eigenvalue weighted by Gasteiger charge is -2.30. The molecule has 7 atom stereocenters. The van der Waals surface area contributed by atoms with Crippen LogP contribution in [0.5, 0.6) is 0 Å². The maximum Gasteiger partial charge on any atom is 0.238 e. The number of ether oxygens (including phenoxy) is 3. The number of nitrogens with zero attached hydrogens (tertiary/aromatic N) is 1. The molecule has 0 bridgehead atoms. The normalized spacial score (nSPS) is 37.4. The van der Waals surface area contributed by atoms with Crippen molar-refractivity contribution in [2.24, 2.45) is 0 Å². The quantitative estimate of drug-likeness (QED) is 0.273. The predicted octanol–water partition coefficient (Wildman–Crippen LogP) is 1.97. The second-order valence-electron chi connectivity index (χ2n) is 6.36. The van der Waals surface area contributed by atoms with E-state index in [0.717, 1.165) is 25.7 Å².